The Bertz CT molecular complexity index is 1140. The molecule has 146 valence electrons. The first-order chi connectivity index (χ1) is 13.4. The van der Waals surface area contributed by atoms with E-state index in [1.165, 1.54) is 6.33 Å². The molecule has 9 nitrogen and oxygen atoms in total. The van der Waals surface area contributed by atoms with Crippen LogP contribution in [0.4, 0.5) is 0 Å². The quantitative estimate of drug-likeness (QED) is 0.524. The number of nitrogens with zero attached hydrogens (tertiary/aromatic N) is 7. The maximum Gasteiger partial charge on any atom is 0.170 e. The predicted octanol–water partition coefficient (Wildman–Crippen LogP) is 2.36. The van der Waals surface area contributed by atoms with E-state index in [-0.39, 0.29) is 6.04 Å². The molecule has 10 heteroatoms. The van der Waals surface area contributed by atoms with Crippen LogP contribution in [0.2, 0.25) is 0 Å². The highest BCUT2D eigenvalue weighted by atomic mass is 32.2. The standard InChI is InChI=1S/C18H22N8OS/c1-13(2)24-28(27)26(3)10-18(11-26,5-6-19)25-9-14(8-23-25)16-15-4-7-20-17(15)22-12-21-16/h4,7-9,12-13H,5,10-11H2,1-3H3,(H,20,21,22). The highest BCUT2D eigenvalue weighted by Crippen LogP contribution is 2.38. The predicted molar refractivity (Wildman–Crippen MR) is 105 cm³/mol. The summed E-state index contributed by atoms with van der Waals surface area (Å²) in [6, 6.07) is 4.20. The monoisotopic (exact) mass is 398 g/mol. The molecule has 0 bridgehead atoms. The molecule has 3 aromatic heterocycles. The van der Waals surface area contributed by atoms with E-state index in [2.05, 4.69) is 30.5 Å². The molecular formula is C18H22N8OS. The van der Waals surface area contributed by atoms with Gasteiger partial charge >= 0.3 is 0 Å². The number of likely N-dealkylation sites (tertiary alicyclic amines) is 1. The smallest absolute Gasteiger partial charge is 0.170 e. The van der Waals surface area contributed by atoms with Gasteiger partial charge in [-0.1, -0.05) is 0 Å². The summed E-state index contributed by atoms with van der Waals surface area (Å²) in [6.07, 6.45) is 7.31. The van der Waals surface area contributed by atoms with Gasteiger partial charge in [0.15, 0.2) is 5.54 Å². The van der Waals surface area contributed by atoms with Crippen molar-refractivity contribution in [1.82, 2.24) is 24.7 Å². The molecule has 1 fully saturated rings. The molecule has 1 N–H and O–H groups in total. The highest BCUT2D eigenvalue weighted by Gasteiger charge is 2.53. The summed E-state index contributed by atoms with van der Waals surface area (Å²) in [5, 5.41) is 14.9. The van der Waals surface area contributed by atoms with Crippen LogP contribution in [0.15, 0.2) is 35.3 Å². The summed E-state index contributed by atoms with van der Waals surface area (Å²) in [4.78, 5) is 11.7. The van der Waals surface area contributed by atoms with E-state index in [4.69, 9.17) is 0 Å². The summed E-state index contributed by atoms with van der Waals surface area (Å²) < 4.78 is 19.0. The summed E-state index contributed by atoms with van der Waals surface area (Å²) in [6.45, 7) is 4.90. The van der Waals surface area contributed by atoms with Crippen LogP contribution in [0.5, 0.6) is 0 Å². The average molecular weight is 398 g/mol. The molecule has 3 aromatic rings. The Kier molecular flexibility index (Phi) is 4.44. The van der Waals surface area contributed by atoms with Crippen molar-refractivity contribution in [3.8, 4) is 17.3 Å². The van der Waals surface area contributed by atoms with Crippen molar-refractivity contribution in [2.45, 2.75) is 31.8 Å². The van der Waals surface area contributed by atoms with Gasteiger partial charge in [-0.3, -0.25) is 4.68 Å². The molecule has 0 amide bonds. The lowest BCUT2D eigenvalue weighted by Gasteiger charge is -2.56. The first-order valence-electron chi connectivity index (χ1n) is 9.05. The summed E-state index contributed by atoms with van der Waals surface area (Å²) in [7, 11) is 0.560. The van der Waals surface area contributed by atoms with Crippen LogP contribution in [0.25, 0.3) is 22.3 Å². The number of nitrogens with one attached hydrogen (secondary N) is 1. The van der Waals surface area contributed by atoms with Crippen LogP contribution in [0, 0.1) is 11.3 Å². The van der Waals surface area contributed by atoms with Gasteiger partial charge in [0.05, 0.1) is 31.4 Å². The number of likely N-dealkylation sites (N-methyl/N-ethyl adjacent to an activating group) is 1. The second-order valence-corrected chi connectivity index (χ2v) is 9.29. The number of fused-ring (bicyclic) bond motifs is 1. The fourth-order valence-corrected chi connectivity index (χ4v) is 5.19. The van der Waals surface area contributed by atoms with Crippen LogP contribution >= 0.6 is 0 Å². The minimum atomic E-state index is -1.35. The number of hydrogen-bond donors (Lipinski definition) is 1. The van der Waals surface area contributed by atoms with Crippen LogP contribution in [0.3, 0.4) is 0 Å². The number of aromatic nitrogens is 5. The third-order valence-corrected chi connectivity index (χ3v) is 6.65. The van der Waals surface area contributed by atoms with Crippen molar-refractivity contribution in [1.29, 1.82) is 5.26 Å². The molecule has 1 aliphatic rings. The Morgan fingerprint density at radius 3 is 2.96 bits per heavy atom. The van der Waals surface area contributed by atoms with E-state index < -0.39 is 16.3 Å². The van der Waals surface area contributed by atoms with Crippen LogP contribution < -0.4 is 0 Å². The zero-order chi connectivity index (χ0) is 19.9. The molecule has 0 aliphatic carbocycles. The number of hydrogen-bond acceptors (Lipinski definition) is 7. The molecule has 0 atom stereocenters. The van der Waals surface area contributed by atoms with Gasteiger partial charge in [0.2, 0.25) is 0 Å². The van der Waals surface area contributed by atoms with Gasteiger partial charge in [0.1, 0.15) is 25.1 Å². The third-order valence-electron chi connectivity index (χ3n) is 5.04. The Morgan fingerprint density at radius 2 is 2.25 bits per heavy atom. The van der Waals surface area contributed by atoms with Crippen molar-refractivity contribution in [2.24, 2.45) is 4.36 Å². The minimum Gasteiger partial charge on any atom is -0.386 e. The zero-order valence-electron chi connectivity index (χ0n) is 16.0. The normalized spacial score (nSPS) is 25.7. The number of nitriles is 1. The van der Waals surface area contributed by atoms with E-state index >= 15 is 0 Å². The fraction of sp³-hybridized carbons (Fsp3) is 0.444. The average Bonchev–Trinajstić information content (AvgIpc) is 3.28. The van der Waals surface area contributed by atoms with Gasteiger partial charge in [-0.2, -0.15) is 10.4 Å². The van der Waals surface area contributed by atoms with E-state index in [1.807, 2.05) is 44.0 Å². The molecular weight excluding hydrogens is 376 g/mol. The Hall–Kier alpha value is -2.77. The number of quaternary nitrogens is 1. The number of rotatable bonds is 5. The molecule has 0 spiro atoms. The summed E-state index contributed by atoms with van der Waals surface area (Å²) in [5.74, 6) is 0. The molecule has 4 heterocycles. The van der Waals surface area contributed by atoms with Crippen LogP contribution in [-0.2, 0) is 20.5 Å². The van der Waals surface area contributed by atoms with Crippen molar-refractivity contribution in [3.63, 3.8) is 0 Å². The highest BCUT2D eigenvalue weighted by molar-refractivity contribution is 7.68. The molecule has 0 radical (unpaired) electrons. The van der Waals surface area contributed by atoms with Gasteiger partial charge in [-0.15, -0.1) is 0 Å². The van der Waals surface area contributed by atoms with Crippen molar-refractivity contribution < 1.29 is 8.10 Å². The van der Waals surface area contributed by atoms with Gasteiger partial charge < -0.3 is 17.4 Å². The summed E-state index contributed by atoms with van der Waals surface area (Å²) >= 11 is 0. The van der Waals surface area contributed by atoms with Crippen molar-refractivity contribution in [2.75, 3.05) is 20.1 Å². The molecule has 4 rings (SSSR count). The second kappa shape index (κ2) is 6.68. The van der Waals surface area contributed by atoms with E-state index in [0.717, 1.165) is 22.3 Å². The lowest BCUT2D eigenvalue weighted by atomic mass is 9.87. The Labute approximate surface area is 165 Å². The molecule has 0 saturated carbocycles. The first kappa shape index (κ1) is 18.6. The zero-order valence-corrected chi connectivity index (χ0v) is 16.8. The van der Waals surface area contributed by atoms with E-state index in [9.17, 15) is 9.47 Å². The van der Waals surface area contributed by atoms with Gasteiger partial charge in [0, 0.05) is 40.2 Å². The molecule has 1 saturated heterocycles. The minimum absolute atomic E-state index is 0.000389. The lowest BCUT2D eigenvalue weighted by molar-refractivity contribution is -0.844. The lowest BCUT2D eigenvalue weighted by Crippen LogP contribution is -2.71. The van der Waals surface area contributed by atoms with E-state index in [0.29, 0.717) is 23.4 Å². The van der Waals surface area contributed by atoms with Gasteiger partial charge in [-0.05, 0) is 19.9 Å². The topological polar surface area (TPSA) is 113 Å². The molecule has 1 aliphatic heterocycles. The largest absolute Gasteiger partial charge is 0.386 e. The molecule has 0 unspecified atom stereocenters. The fourth-order valence-electron chi connectivity index (χ4n) is 3.90. The Morgan fingerprint density at radius 1 is 1.46 bits per heavy atom. The van der Waals surface area contributed by atoms with Gasteiger partial charge in [0.25, 0.3) is 0 Å². The maximum atomic E-state index is 12.6. The van der Waals surface area contributed by atoms with Crippen molar-refractivity contribution in [3.05, 3.63) is 31.0 Å². The first-order valence-corrected chi connectivity index (χ1v) is 10.1. The second-order valence-electron chi connectivity index (χ2n) is 7.74. The molecule has 28 heavy (non-hydrogen) atoms. The number of H-pyrrole nitrogens is 1. The molecule has 0 aromatic carbocycles. The Balaban J connectivity index is 1.68. The third kappa shape index (κ3) is 2.96. The van der Waals surface area contributed by atoms with E-state index in [1.54, 1.807) is 6.20 Å². The van der Waals surface area contributed by atoms with Crippen molar-refractivity contribution >= 4 is 21.8 Å². The summed E-state index contributed by atoms with van der Waals surface area (Å²) in [5.41, 5.74) is 1.93. The SMILES string of the molecule is CC(C)N=[S-](=O)[N+]1(C)CC(CC#N)(n2cc(-c3ncnc4[nH]ccc34)cn2)C1. The number of aromatic amines is 1. The van der Waals surface area contributed by atoms with Crippen LogP contribution in [0.1, 0.15) is 20.3 Å². The maximum absolute atomic E-state index is 12.6. The van der Waals surface area contributed by atoms with Crippen LogP contribution in [-0.4, -0.2) is 54.8 Å². The van der Waals surface area contributed by atoms with Gasteiger partial charge in [-0.25, -0.2) is 9.97 Å².